The lowest BCUT2D eigenvalue weighted by molar-refractivity contribution is 0.0949. The predicted molar refractivity (Wildman–Crippen MR) is 86.8 cm³/mol. The number of aliphatic hydroxyl groups is 1. The van der Waals surface area contributed by atoms with E-state index >= 15 is 0 Å². The van der Waals surface area contributed by atoms with Crippen molar-refractivity contribution in [2.24, 2.45) is 5.22 Å². The highest BCUT2D eigenvalue weighted by Gasteiger charge is 2.11. The molecule has 1 amide bonds. The molecule has 122 valence electrons. The van der Waals surface area contributed by atoms with E-state index in [0.29, 0.717) is 5.56 Å². The molecule has 0 aromatic heterocycles. The second-order valence-electron chi connectivity index (χ2n) is 5.61. The number of carbonyl (C=O) groups excluding carboxylic acids is 1. The van der Waals surface area contributed by atoms with E-state index in [0.717, 1.165) is 37.7 Å². The highest BCUT2D eigenvalue weighted by atomic mass is 16.3. The lowest BCUT2D eigenvalue weighted by Gasteiger charge is -2.11. The van der Waals surface area contributed by atoms with Crippen LogP contribution in [0.15, 0.2) is 29.5 Å². The number of nitrogens with zero attached hydrogens (tertiary/aromatic N) is 1. The molecular formula is C17H27N3O2. The fourth-order valence-electron chi connectivity index (χ4n) is 2.55. The van der Waals surface area contributed by atoms with Gasteiger partial charge >= 0.3 is 0 Å². The molecule has 1 unspecified atom stereocenters. The van der Waals surface area contributed by atoms with E-state index in [1.807, 2.05) is 12.1 Å². The van der Waals surface area contributed by atoms with Crippen LogP contribution < -0.4 is 5.43 Å². The van der Waals surface area contributed by atoms with Crippen molar-refractivity contribution in [3.63, 3.8) is 0 Å². The van der Waals surface area contributed by atoms with E-state index in [1.54, 1.807) is 12.1 Å². The van der Waals surface area contributed by atoms with Crippen LogP contribution in [0.1, 0.15) is 67.8 Å². The van der Waals surface area contributed by atoms with Crippen molar-refractivity contribution in [2.45, 2.75) is 64.4 Å². The summed E-state index contributed by atoms with van der Waals surface area (Å²) >= 11 is 0. The monoisotopic (exact) mass is 305 g/mol. The number of aryl methyl sites for hydroxylation is 1. The Hall–Kier alpha value is -1.75. The van der Waals surface area contributed by atoms with Gasteiger partial charge in [-0.1, -0.05) is 56.0 Å². The number of rotatable bonds is 11. The molecule has 1 aromatic rings. The third-order valence-corrected chi connectivity index (χ3v) is 3.79. The van der Waals surface area contributed by atoms with E-state index in [9.17, 15) is 9.90 Å². The number of amides is 1. The first-order chi connectivity index (χ1) is 10.7. The van der Waals surface area contributed by atoms with Crippen LogP contribution >= 0.6 is 0 Å². The van der Waals surface area contributed by atoms with Crippen LogP contribution in [0.25, 0.3) is 0 Å². The van der Waals surface area contributed by atoms with Crippen molar-refractivity contribution in [2.75, 3.05) is 0 Å². The average Bonchev–Trinajstić information content (AvgIpc) is 2.52. The number of aliphatic hydroxyl groups excluding tert-OH is 1. The van der Waals surface area contributed by atoms with E-state index < -0.39 is 0 Å². The number of hydrogen-bond donors (Lipinski definition) is 3. The summed E-state index contributed by atoms with van der Waals surface area (Å²) < 4.78 is 0. The average molecular weight is 305 g/mol. The quantitative estimate of drug-likeness (QED) is 0.328. The standard InChI is InChI=1S/C17H27N3O2/c1-2-3-4-5-11-15(21)12-8-10-14-9-6-7-13-16(14)17(22)19-20-18/h6-7,9,13,15,21H,2-5,8,10-12H2,1H3,(H2,18,19,22). The first-order valence-electron chi connectivity index (χ1n) is 8.11. The van der Waals surface area contributed by atoms with Crippen LogP contribution in [0.4, 0.5) is 0 Å². The zero-order valence-corrected chi connectivity index (χ0v) is 13.3. The molecule has 0 spiro atoms. The zero-order chi connectivity index (χ0) is 16.2. The number of hydrogen-bond acceptors (Lipinski definition) is 4. The molecular weight excluding hydrogens is 278 g/mol. The first-order valence-corrected chi connectivity index (χ1v) is 8.11. The third kappa shape index (κ3) is 6.80. The van der Waals surface area contributed by atoms with Gasteiger partial charge in [0, 0.05) is 5.56 Å². The molecule has 0 bridgehead atoms. The topological polar surface area (TPSA) is 85.5 Å². The Morgan fingerprint density at radius 3 is 2.68 bits per heavy atom. The van der Waals surface area contributed by atoms with E-state index in [2.05, 4.69) is 17.6 Å². The molecule has 0 saturated carbocycles. The van der Waals surface area contributed by atoms with E-state index in [4.69, 9.17) is 5.53 Å². The number of nitrogens with one attached hydrogen (secondary N) is 2. The molecule has 0 heterocycles. The normalized spacial score (nSPS) is 11.9. The van der Waals surface area contributed by atoms with Gasteiger partial charge in [-0.15, -0.1) is 0 Å². The van der Waals surface area contributed by atoms with E-state index in [-0.39, 0.29) is 12.0 Å². The summed E-state index contributed by atoms with van der Waals surface area (Å²) in [7, 11) is 0. The van der Waals surface area contributed by atoms with Gasteiger partial charge in [0.25, 0.3) is 5.91 Å². The lowest BCUT2D eigenvalue weighted by atomic mass is 9.98. The highest BCUT2D eigenvalue weighted by molar-refractivity contribution is 5.95. The molecule has 3 N–H and O–H groups in total. The molecule has 5 heteroatoms. The van der Waals surface area contributed by atoms with Crippen LogP contribution in [0.5, 0.6) is 0 Å². The fourth-order valence-corrected chi connectivity index (χ4v) is 2.55. The zero-order valence-electron chi connectivity index (χ0n) is 13.3. The van der Waals surface area contributed by atoms with Gasteiger partial charge in [0.05, 0.1) is 6.10 Å². The summed E-state index contributed by atoms with van der Waals surface area (Å²) in [5, 5.41) is 12.9. The Balaban J connectivity index is 2.38. The summed E-state index contributed by atoms with van der Waals surface area (Å²) in [6, 6.07) is 7.33. The van der Waals surface area contributed by atoms with Crippen LogP contribution in [-0.4, -0.2) is 17.1 Å². The molecule has 1 atom stereocenters. The van der Waals surface area contributed by atoms with Gasteiger partial charge in [-0.3, -0.25) is 4.79 Å². The third-order valence-electron chi connectivity index (χ3n) is 3.79. The van der Waals surface area contributed by atoms with Crippen molar-refractivity contribution in [1.82, 2.24) is 5.43 Å². The number of benzene rings is 1. The van der Waals surface area contributed by atoms with Crippen molar-refractivity contribution in [3.05, 3.63) is 35.4 Å². The minimum Gasteiger partial charge on any atom is -0.393 e. The summed E-state index contributed by atoms with van der Waals surface area (Å²) in [6.07, 6.45) is 7.67. The summed E-state index contributed by atoms with van der Waals surface area (Å²) in [5.74, 6) is -0.356. The Kier molecular flexibility index (Phi) is 9.07. The van der Waals surface area contributed by atoms with Crippen molar-refractivity contribution in [3.8, 4) is 0 Å². The molecule has 0 aliphatic carbocycles. The molecule has 1 aromatic carbocycles. The first kappa shape index (κ1) is 18.3. The number of carbonyl (C=O) groups is 1. The smallest absolute Gasteiger partial charge is 0.273 e. The molecule has 0 saturated heterocycles. The second kappa shape index (κ2) is 10.9. The minimum absolute atomic E-state index is 0.249. The van der Waals surface area contributed by atoms with Gasteiger partial charge in [0.2, 0.25) is 0 Å². The number of unbranched alkanes of at least 4 members (excludes halogenated alkanes) is 3. The van der Waals surface area contributed by atoms with Gasteiger partial charge in [0.1, 0.15) is 0 Å². The predicted octanol–water partition coefficient (Wildman–Crippen LogP) is 4.02. The van der Waals surface area contributed by atoms with Gasteiger partial charge in [-0.25, -0.2) is 5.43 Å². The maximum Gasteiger partial charge on any atom is 0.273 e. The molecule has 5 nitrogen and oxygen atoms in total. The van der Waals surface area contributed by atoms with Gasteiger partial charge in [-0.05, 0) is 37.3 Å². The van der Waals surface area contributed by atoms with Crippen LogP contribution in [-0.2, 0) is 6.42 Å². The fraction of sp³-hybridized carbons (Fsp3) is 0.588. The summed E-state index contributed by atoms with van der Waals surface area (Å²) in [5.41, 5.74) is 10.3. The van der Waals surface area contributed by atoms with Gasteiger partial charge < -0.3 is 5.11 Å². The molecule has 1 rings (SSSR count). The molecule has 0 fully saturated rings. The summed E-state index contributed by atoms with van der Waals surface area (Å²) in [4.78, 5) is 11.8. The molecule has 0 aliphatic rings. The van der Waals surface area contributed by atoms with E-state index in [1.165, 1.54) is 19.3 Å². The van der Waals surface area contributed by atoms with Crippen LogP contribution in [0, 0.1) is 5.53 Å². The SMILES string of the molecule is CCCCCCC(O)CCCc1ccccc1C(=O)NN=N. The molecule has 22 heavy (non-hydrogen) atoms. The van der Waals surface area contributed by atoms with Gasteiger partial charge in [-0.2, -0.15) is 5.53 Å². The molecule has 0 aliphatic heterocycles. The van der Waals surface area contributed by atoms with Crippen molar-refractivity contribution < 1.29 is 9.90 Å². The van der Waals surface area contributed by atoms with Crippen LogP contribution in [0.2, 0.25) is 0 Å². The Morgan fingerprint density at radius 1 is 1.23 bits per heavy atom. The maximum atomic E-state index is 11.8. The highest BCUT2D eigenvalue weighted by Crippen LogP contribution is 2.15. The Labute approximate surface area is 132 Å². The Morgan fingerprint density at radius 2 is 1.95 bits per heavy atom. The van der Waals surface area contributed by atoms with Crippen molar-refractivity contribution >= 4 is 5.91 Å². The van der Waals surface area contributed by atoms with Gasteiger partial charge in [0.15, 0.2) is 0 Å². The van der Waals surface area contributed by atoms with Crippen molar-refractivity contribution in [1.29, 1.82) is 5.53 Å². The van der Waals surface area contributed by atoms with Crippen LogP contribution in [0.3, 0.4) is 0 Å². The lowest BCUT2D eigenvalue weighted by Crippen LogP contribution is -2.18. The Bertz CT molecular complexity index is 463. The largest absolute Gasteiger partial charge is 0.393 e. The summed E-state index contributed by atoms with van der Waals surface area (Å²) in [6.45, 7) is 2.18. The second-order valence-corrected chi connectivity index (χ2v) is 5.61. The minimum atomic E-state index is -0.356. The molecule has 0 radical (unpaired) electrons. The maximum absolute atomic E-state index is 11.8.